The Labute approximate surface area is 192 Å². The summed E-state index contributed by atoms with van der Waals surface area (Å²) in [6.45, 7) is 3.51. The highest BCUT2D eigenvalue weighted by Crippen LogP contribution is 2.29. The van der Waals surface area contributed by atoms with Gasteiger partial charge in [-0.2, -0.15) is 0 Å². The summed E-state index contributed by atoms with van der Waals surface area (Å²) >= 11 is 1.44. The molecule has 4 aromatic rings. The third-order valence-electron chi connectivity index (χ3n) is 5.73. The second kappa shape index (κ2) is 9.01. The third-order valence-corrected chi connectivity index (χ3v) is 6.65. The maximum Gasteiger partial charge on any atom is 0.233 e. The lowest BCUT2D eigenvalue weighted by atomic mass is 10.00. The van der Waals surface area contributed by atoms with Gasteiger partial charge in [0.2, 0.25) is 5.91 Å². The number of aryl methyl sites for hydroxylation is 1. The first kappa shape index (κ1) is 20.5. The van der Waals surface area contributed by atoms with Crippen molar-refractivity contribution in [2.45, 2.75) is 25.0 Å². The quantitative estimate of drug-likeness (QED) is 0.414. The molecule has 0 aliphatic carbocycles. The molecule has 1 amide bonds. The number of fused-ring (bicyclic) bond motifs is 1. The standard InChI is InChI=1S/C26H24N4OS/c1-19-8-7-13-23(16-19)30-25(21-10-3-2-4-11-21)27-28-26(30)32-18-24(31)29-15-14-20-9-5-6-12-22(20)17-29/h2-13,16H,14-15,17-18H2,1H3. The molecule has 0 atom stereocenters. The van der Waals surface area contributed by atoms with E-state index in [2.05, 4.69) is 53.5 Å². The van der Waals surface area contributed by atoms with E-state index in [1.165, 1.54) is 22.9 Å². The molecule has 2 heterocycles. The van der Waals surface area contributed by atoms with Gasteiger partial charge in [0, 0.05) is 24.3 Å². The number of hydrogen-bond donors (Lipinski definition) is 0. The van der Waals surface area contributed by atoms with Gasteiger partial charge in [-0.25, -0.2) is 0 Å². The van der Waals surface area contributed by atoms with E-state index < -0.39 is 0 Å². The van der Waals surface area contributed by atoms with Crippen LogP contribution in [0.1, 0.15) is 16.7 Å². The molecule has 1 aliphatic heterocycles. The highest BCUT2D eigenvalue weighted by molar-refractivity contribution is 7.99. The van der Waals surface area contributed by atoms with Crippen LogP contribution >= 0.6 is 11.8 Å². The predicted octanol–water partition coefficient (Wildman–Crippen LogP) is 4.92. The molecule has 0 N–H and O–H groups in total. The van der Waals surface area contributed by atoms with Crippen LogP contribution in [0.2, 0.25) is 0 Å². The highest BCUT2D eigenvalue weighted by atomic mass is 32.2. The Hall–Kier alpha value is -3.38. The van der Waals surface area contributed by atoms with Crippen molar-refractivity contribution in [3.63, 3.8) is 0 Å². The molecule has 3 aromatic carbocycles. The number of rotatable bonds is 5. The lowest BCUT2D eigenvalue weighted by Crippen LogP contribution is -2.37. The van der Waals surface area contributed by atoms with E-state index in [-0.39, 0.29) is 5.91 Å². The van der Waals surface area contributed by atoms with Crippen molar-refractivity contribution in [1.82, 2.24) is 19.7 Å². The number of amides is 1. The van der Waals surface area contributed by atoms with Crippen molar-refractivity contribution in [2.24, 2.45) is 0 Å². The molecule has 5 nitrogen and oxygen atoms in total. The summed E-state index contributed by atoms with van der Waals surface area (Å²) in [5.74, 6) is 1.24. The second-order valence-electron chi connectivity index (χ2n) is 7.97. The Balaban J connectivity index is 1.39. The number of nitrogens with zero attached hydrogens (tertiary/aromatic N) is 4. The minimum absolute atomic E-state index is 0.129. The Morgan fingerprint density at radius 3 is 2.53 bits per heavy atom. The molecule has 5 rings (SSSR count). The van der Waals surface area contributed by atoms with Gasteiger partial charge in [0.05, 0.1) is 5.75 Å². The summed E-state index contributed by atoms with van der Waals surface area (Å²) in [6.07, 6.45) is 0.907. The van der Waals surface area contributed by atoms with E-state index in [0.717, 1.165) is 40.8 Å². The van der Waals surface area contributed by atoms with Gasteiger partial charge in [-0.15, -0.1) is 10.2 Å². The first-order chi connectivity index (χ1) is 15.7. The molecule has 1 aromatic heterocycles. The highest BCUT2D eigenvalue weighted by Gasteiger charge is 2.22. The zero-order chi connectivity index (χ0) is 21.9. The van der Waals surface area contributed by atoms with Crippen LogP contribution < -0.4 is 0 Å². The van der Waals surface area contributed by atoms with Crippen LogP contribution in [0.15, 0.2) is 84.0 Å². The molecule has 0 spiro atoms. The van der Waals surface area contributed by atoms with E-state index in [0.29, 0.717) is 12.3 Å². The maximum atomic E-state index is 13.0. The van der Waals surface area contributed by atoms with Gasteiger partial charge in [-0.1, -0.05) is 78.5 Å². The van der Waals surface area contributed by atoms with E-state index >= 15 is 0 Å². The number of benzene rings is 3. The molecule has 0 radical (unpaired) electrons. The molecule has 32 heavy (non-hydrogen) atoms. The van der Waals surface area contributed by atoms with E-state index in [1.807, 2.05) is 51.9 Å². The summed E-state index contributed by atoms with van der Waals surface area (Å²) in [7, 11) is 0. The third kappa shape index (κ3) is 4.18. The average Bonchev–Trinajstić information content (AvgIpc) is 3.27. The van der Waals surface area contributed by atoms with E-state index in [1.54, 1.807) is 0 Å². The summed E-state index contributed by atoms with van der Waals surface area (Å²) in [4.78, 5) is 15.0. The number of thioether (sulfide) groups is 1. The second-order valence-corrected chi connectivity index (χ2v) is 8.91. The smallest absolute Gasteiger partial charge is 0.233 e. The number of aromatic nitrogens is 3. The zero-order valence-electron chi connectivity index (χ0n) is 17.9. The average molecular weight is 441 g/mol. The van der Waals surface area contributed by atoms with Crippen LogP contribution in [0.3, 0.4) is 0 Å². The largest absolute Gasteiger partial charge is 0.337 e. The first-order valence-corrected chi connectivity index (χ1v) is 11.7. The zero-order valence-corrected chi connectivity index (χ0v) is 18.8. The molecule has 0 saturated carbocycles. The summed E-state index contributed by atoms with van der Waals surface area (Å²) in [6, 6.07) is 26.7. The molecular weight excluding hydrogens is 416 g/mol. The normalized spacial score (nSPS) is 13.1. The fourth-order valence-corrected chi connectivity index (χ4v) is 4.92. The Morgan fingerprint density at radius 2 is 1.72 bits per heavy atom. The molecule has 0 bridgehead atoms. The van der Waals surface area contributed by atoms with E-state index in [4.69, 9.17) is 0 Å². The van der Waals surface area contributed by atoms with Crippen LogP contribution in [-0.4, -0.2) is 37.9 Å². The molecule has 6 heteroatoms. The van der Waals surface area contributed by atoms with Crippen LogP contribution in [0.25, 0.3) is 17.1 Å². The summed E-state index contributed by atoms with van der Waals surface area (Å²) in [5, 5.41) is 9.66. The molecular formula is C26H24N4OS. The van der Waals surface area contributed by atoms with Crippen molar-refractivity contribution in [3.05, 3.63) is 95.6 Å². The Bertz CT molecular complexity index is 1250. The van der Waals surface area contributed by atoms with Crippen LogP contribution in [0.4, 0.5) is 0 Å². The molecule has 0 saturated heterocycles. The molecule has 0 unspecified atom stereocenters. The predicted molar refractivity (Wildman–Crippen MR) is 128 cm³/mol. The minimum Gasteiger partial charge on any atom is -0.337 e. The van der Waals surface area contributed by atoms with Gasteiger partial charge < -0.3 is 4.90 Å². The van der Waals surface area contributed by atoms with Crippen molar-refractivity contribution < 1.29 is 4.79 Å². The van der Waals surface area contributed by atoms with E-state index in [9.17, 15) is 4.79 Å². The number of carbonyl (C=O) groups excluding carboxylic acids is 1. The summed E-state index contributed by atoms with van der Waals surface area (Å²) in [5.41, 5.74) is 5.74. The molecule has 160 valence electrons. The van der Waals surface area contributed by atoms with Gasteiger partial charge >= 0.3 is 0 Å². The van der Waals surface area contributed by atoms with Gasteiger partial charge in [0.1, 0.15) is 0 Å². The van der Waals surface area contributed by atoms with Gasteiger partial charge in [0.25, 0.3) is 0 Å². The molecule has 0 fully saturated rings. The molecule has 1 aliphatic rings. The Kier molecular flexibility index (Phi) is 5.77. The van der Waals surface area contributed by atoms with Gasteiger partial charge in [-0.3, -0.25) is 9.36 Å². The van der Waals surface area contributed by atoms with Gasteiger partial charge in [0.15, 0.2) is 11.0 Å². The van der Waals surface area contributed by atoms with Crippen molar-refractivity contribution in [3.8, 4) is 17.1 Å². The monoisotopic (exact) mass is 440 g/mol. The van der Waals surface area contributed by atoms with Gasteiger partial charge in [-0.05, 0) is 42.2 Å². The first-order valence-electron chi connectivity index (χ1n) is 10.7. The summed E-state index contributed by atoms with van der Waals surface area (Å²) < 4.78 is 2.05. The lowest BCUT2D eigenvalue weighted by molar-refractivity contribution is -0.129. The fraction of sp³-hybridized carbons (Fsp3) is 0.192. The van der Waals surface area contributed by atoms with Crippen molar-refractivity contribution >= 4 is 17.7 Å². The lowest BCUT2D eigenvalue weighted by Gasteiger charge is -2.28. The minimum atomic E-state index is 0.129. The van der Waals surface area contributed by atoms with Crippen LogP contribution in [-0.2, 0) is 17.8 Å². The van der Waals surface area contributed by atoms with Crippen molar-refractivity contribution in [1.29, 1.82) is 0 Å². The van der Waals surface area contributed by atoms with Crippen molar-refractivity contribution in [2.75, 3.05) is 12.3 Å². The SMILES string of the molecule is Cc1cccc(-n2c(SCC(=O)N3CCc4ccccc4C3)nnc2-c2ccccc2)c1. The van der Waals surface area contributed by atoms with Crippen LogP contribution in [0.5, 0.6) is 0 Å². The topological polar surface area (TPSA) is 51.0 Å². The number of carbonyl (C=O) groups is 1. The Morgan fingerprint density at radius 1 is 0.938 bits per heavy atom. The van der Waals surface area contributed by atoms with Crippen LogP contribution in [0, 0.1) is 6.92 Å². The fourth-order valence-electron chi connectivity index (χ4n) is 4.06. The maximum absolute atomic E-state index is 13.0. The number of hydrogen-bond acceptors (Lipinski definition) is 4.